The van der Waals surface area contributed by atoms with Crippen LogP contribution >= 0.6 is 11.6 Å². The third-order valence-corrected chi connectivity index (χ3v) is 4.69. The summed E-state index contributed by atoms with van der Waals surface area (Å²) in [6.07, 6.45) is 3.33. The van der Waals surface area contributed by atoms with E-state index in [9.17, 15) is 9.59 Å². The Bertz CT molecular complexity index is 1000. The first-order chi connectivity index (χ1) is 14.0. The van der Waals surface area contributed by atoms with Crippen LogP contribution in [0, 0.1) is 0 Å². The number of esters is 1. The van der Waals surface area contributed by atoms with Crippen molar-refractivity contribution in [2.45, 2.75) is 6.92 Å². The first-order valence-corrected chi connectivity index (χ1v) is 9.29. The molecule has 148 valence electrons. The van der Waals surface area contributed by atoms with E-state index in [1.54, 1.807) is 55.5 Å². The molecule has 2 aromatic carbocycles. The van der Waals surface area contributed by atoms with Crippen molar-refractivity contribution >= 4 is 35.2 Å². The second-order valence-electron chi connectivity index (χ2n) is 6.30. The fourth-order valence-corrected chi connectivity index (χ4v) is 3.19. The average Bonchev–Trinajstić information content (AvgIpc) is 2.97. The number of hydrogen-bond acceptors (Lipinski definition) is 4. The molecule has 0 aliphatic carbocycles. The van der Waals surface area contributed by atoms with Crippen molar-refractivity contribution in [2.24, 2.45) is 0 Å². The molecular weight excluding hydrogens is 390 g/mol. The van der Waals surface area contributed by atoms with E-state index < -0.39 is 5.97 Å². The number of carbonyl (C=O) groups is 2. The molecule has 0 unspecified atom stereocenters. The number of hydrogen-bond donors (Lipinski definition) is 0. The molecule has 0 bridgehead atoms. The summed E-state index contributed by atoms with van der Waals surface area (Å²) in [4.78, 5) is 27.1. The Kier molecular flexibility index (Phi) is 6.20. The van der Waals surface area contributed by atoms with Crippen LogP contribution in [0.3, 0.4) is 0 Å². The Hall–Kier alpha value is -3.31. The molecule has 0 N–H and O–H groups in total. The third-order valence-electron chi connectivity index (χ3n) is 4.43. The molecule has 0 radical (unpaired) electrons. The van der Waals surface area contributed by atoms with E-state index in [2.05, 4.69) is 6.58 Å². The van der Waals surface area contributed by atoms with E-state index in [1.807, 2.05) is 12.1 Å². The summed E-state index contributed by atoms with van der Waals surface area (Å²) in [7, 11) is 1.29. The lowest BCUT2D eigenvalue weighted by molar-refractivity contribution is -0.136. The average molecular weight is 410 g/mol. The van der Waals surface area contributed by atoms with Crippen LogP contribution in [0.15, 0.2) is 78.0 Å². The van der Waals surface area contributed by atoms with Crippen molar-refractivity contribution in [3.63, 3.8) is 0 Å². The maximum absolute atomic E-state index is 13.2. The van der Waals surface area contributed by atoms with Gasteiger partial charge in [0.05, 0.1) is 18.3 Å². The fourth-order valence-electron chi connectivity index (χ4n) is 3.06. The Labute approximate surface area is 174 Å². The number of methoxy groups -OCH3 is 1. The van der Waals surface area contributed by atoms with E-state index in [0.29, 0.717) is 28.8 Å². The Morgan fingerprint density at radius 2 is 1.79 bits per heavy atom. The normalized spacial score (nSPS) is 15.1. The highest BCUT2D eigenvalue weighted by molar-refractivity contribution is 6.30. The smallest absolute Gasteiger partial charge is 0.340 e. The number of allylic oxidation sites excluding steroid dienone is 1. The minimum absolute atomic E-state index is 0.236. The maximum atomic E-state index is 13.2. The number of carbonyl (C=O) groups excluding carboxylic acids is 2. The predicted octanol–water partition coefficient (Wildman–Crippen LogP) is 4.78. The van der Waals surface area contributed by atoms with Crippen molar-refractivity contribution < 1.29 is 19.1 Å². The number of benzene rings is 2. The van der Waals surface area contributed by atoms with Gasteiger partial charge in [0.15, 0.2) is 0 Å². The highest BCUT2D eigenvalue weighted by Gasteiger charge is 2.37. The molecule has 0 fully saturated rings. The van der Waals surface area contributed by atoms with Gasteiger partial charge in [0.1, 0.15) is 12.4 Å². The van der Waals surface area contributed by atoms with Gasteiger partial charge in [-0.2, -0.15) is 0 Å². The van der Waals surface area contributed by atoms with Crippen LogP contribution < -0.4 is 9.64 Å². The minimum Gasteiger partial charge on any atom is -0.490 e. The van der Waals surface area contributed by atoms with Crippen molar-refractivity contribution in [2.75, 3.05) is 18.6 Å². The highest BCUT2D eigenvalue weighted by Crippen LogP contribution is 2.35. The van der Waals surface area contributed by atoms with Gasteiger partial charge < -0.3 is 9.47 Å². The predicted molar refractivity (Wildman–Crippen MR) is 114 cm³/mol. The van der Waals surface area contributed by atoms with Crippen molar-refractivity contribution in [3.8, 4) is 5.75 Å². The summed E-state index contributed by atoms with van der Waals surface area (Å²) >= 11 is 5.96. The maximum Gasteiger partial charge on any atom is 0.340 e. The Morgan fingerprint density at radius 3 is 2.38 bits per heavy atom. The summed E-state index contributed by atoms with van der Waals surface area (Å²) in [5.74, 6) is -0.186. The topological polar surface area (TPSA) is 55.8 Å². The molecule has 0 saturated heterocycles. The molecule has 1 amide bonds. The lowest BCUT2D eigenvalue weighted by atomic mass is 10.0. The molecule has 6 heteroatoms. The van der Waals surface area contributed by atoms with Gasteiger partial charge in [-0.15, -0.1) is 0 Å². The lowest BCUT2D eigenvalue weighted by Gasteiger charge is -2.17. The summed E-state index contributed by atoms with van der Waals surface area (Å²) in [5.41, 5.74) is 2.38. The van der Waals surface area contributed by atoms with E-state index in [-0.39, 0.29) is 17.1 Å². The molecule has 1 aliphatic heterocycles. The van der Waals surface area contributed by atoms with E-state index in [0.717, 1.165) is 5.56 Å². The van der Waals surface area contributed by atoms with Crippen LogP contribution in [0.4, 0.5) is 5.69 Å². The molecule has 2 aromatic rings. The van der Waals surface area contributed by atoms with Gasteiger partial charge >= 0.3 is 5.97 Å². The van der Waals surface area contributed by atoms with Crippen LogP contribution in [-0.2, 0) is 14.3 Å². The van der Waals surface area contributed by atoms with Crippen molar-refractivity contribution in [1.29, 1.82) is 0 Å². The van der Waals surface area contributed by atoms with Crippen LogP contribution in [0.25, 0.3) is 6.08 Å². The summed E-state index contributed by atoms with van der Waals surface area (Å²) in [6.45, 7) is 5.73. The van der Waals surface area contributed by atoms with Gasteiger partial charge in [-0.25, -0.2) is 4.79 Å². The van der Waals surface area contributed by atoms with Gasteiger partial charge in [0, 0.05) is 16.4 Å². The first-order valence-electron chi connectivity index (χ1n) is 8.91. The van der Waals surface area contributed by atoms with E-state index in [4.69, 9.17) is 21.1 Å². The van der Waals surface area contributed by atoms with Crippen molar-refractivity contribution in [3.05, 3.63) is 88.6 Å². The van der Waals surface area contributed by atoms with Crippen LogP contribution in [0.2, 0.25) is 5.02 Å². The molecule has 1 aliphatic rings. The number of rotatable bonds is 6. The number of anilines is 1. The van der Waals surface area contributed by atoms with Crippen LogP contribution in [0.1, 0.15) is 12.5 Å². The zero-order valence-corrected chi connectivity index (χ0v) is 16.9. The SMILES string of the molecule is C=CCOc1ccc(/C=C2\C(=O)N(c3ccc(Cl)cc3)C(C)=C2C(=O)OC)cc1. The van der Waals surface area contributed by atoms with E-state index in [1.165, 1.54) is 12.0 Å². The van der Waals surface area contributed by atoms with Crippen LogP contribution in [0.5, 0.6) is 5.75 Å². The molecule has 0 aromatic heterocycles. The number of ether oxygens (including phenoxy) is 2. The zero-order valence-electron chi connectivity index (χ0n) is 16.1. The van der Waals surface area contributed by atoms with Gasteiger partial charge in [-0.05, 0) is 55.0 Å². The minimum atomic E-state index is -0.565. The summed E-state index contributed by atoms with van der Waals surface area (Å²) in [6, 6.07) is 14.1. The van der Waals surface area contributed by atoms with Gasteiger partial charge in [-0.3, -0.25) is 9.69 Å². The number of amides is 1. The van der Waals surface area contributed by atoms with Gasteiger partial charge in [-0.1, -0.05) is 36.4 Å². The second-order valence-corrected chi connectivity index (χ2v) is 6.73. The monoisotopic (exact) mass is 409 g/mol. The molecule has 0 spiro atoms. The quantitative estimate of drug-likeness (QED) is 0.391. The number of halogens is 1. The highest BCUT2D eigenvalue weighted by atomic mass is 35.5. The Balaban J connectivity index is 2.01. The first kappa shape index (κ1) is 20.4. The molecular formula is C23H20ClNO4. The molecule has 3 rings (SSSR count). The molecule has 0 saturated carbocycles. The number of nitrogens with zero attached hydrogens (tertiary/aromatic N) is 1. The van der Waals surface area contributed by atoms with Crippen molar-refractivity contribution in [1.82, 2.24) is 0 Å². The Morgan fingerprint density at radius 1 is 1.14 bits per heavy atom. The lowest BCUT2D eigenvalue weighted by Crippen LogP contribution is -2.24. The third kappa shape index (κ3) is 4.25. The van der Waals surface area contributed by atoms with E-state index >= 15 is 0 Å². The van der Waals surface area contributed by atoms with Gasteiger partial charge in [0.2, 0.25) is 0 Å². The second kappa shape index (κ2) is 8.80. The zero-order chi connectivity index (χ0) is 21.0. The molecule has 0 atom stereocenters. The van der Waals surface area contributed by atoms with Crippen LogP contribution in [-0.4, -0.2) is 25.6 Å². The summed E-state index contributed by atoms with van der Waals surface area (Å²) in [5, 5.41) is 0.560. The molecule has 5 nitrogen and oxygen atoms in total. The fraction of sp³-hybridized carbons (Fsp3) is 0.130. The standard InChI is InChI=1S/C23H20ClNO4/c1-4-13-29-19-11-5-16(6-12-19)14-20-21(23(27)28-3)15(2)25(22(20)26)18-9-7-17(24)8-10-18/h4-12,14H,1,13H2,2-3H3/b20-14-. The van der Waals surface area contributed by atoms with Gasteiger partial charge in [0.25, 0.3) is 5.91 Å². The molecule has 1 heterocycles. The molecule has 29 heavy (non-hydrogen) atoms. The largest absolute Gasteiger partial charge is 0.490 e. The summed E-state index contributed by atoms with van der Waals surface area (Å²) < 4.78 is 10.4.